The van der Waals surface area contributed by atoms with Gasteiger partial charge >= 0.3 is 35.8 Å². The highest BCUT2D eigenvalue weighted by atomic mass is 32.3. The monoisotopic (exact) mass is 718 g/mol. The van der Waals surface area contributed by atoms with Gasteiger partial charge in [0.1, 0.15) is 0 Å². The van der Waals surface area contributed by atoms with Crippen LogP contribution >= 0.6 is 94.1 Å². The maximum Gasteiger partial charge on any atom is 0.460 e. The molecule has 3 rings (SSSR count). The van der Waals surface area contributed by atoms with Gasteiger partial charge in [-0.1, -0.05) is 47.0 Å². The van der Waals surface area contributed by atoms with Gasteiger partial charge < -0.3 is 0 Å². The quantitative estimate of drug-likeness (QED) is 0.213. The highest BCUT2D eigenvalue weighted by Gasteiger charge is 2.90. The molecule has 3 aliphatic rings. The van der Waals surface area contributed by atoms with E-state index in [0.29, 0.717) is 20.2 Å². The molecule has 21 heteroatoms. The fraction of sp³-hybridized carbons (Fsp3) is 0.647. The Morgan fingerprint density at radius 3 is 1.50 bits per heavy atom. The first-order chi connectivity index (χ1) is 17.2. The molecule has 38 heavy (non-hydrogen) atoms. The summed E-state index contributed by atoms with van der Waals surface area (Å²) in [6, 6.07) is 0. The molecule has 0 nitrogen and oxygen atoms in total. The summed E-state index contributed by atoms with van der Waals surface area (Å²) in [7, 11) is 0. The van der Waals surface area contributed by atoms with Gasteiger partial charge in [0.15, 0.2) is 0 Å². The highest BCUT2D eigenvalue weighted by molar-refractivity contribution is 8.45. The van der Waals surface area contributed by atoms with E-state index in [1.165, 1.54) is 47.0 Å². The summed E-state index contributed by atoms with van der Waals surface area (Å²) in [6.45, 7) is 0. The Morgan fingerprint density at radius 2 is 1.03 bits per heavy atom. The Hall–Kier alpha value is 1.11. The van der Waals surface area contributed by atoms with Crippen LogP contribution in [0.1, 0.15) is 6.42 Å². The Labute approximate surface area is 241 Å². The molecule has 0 amide bonds. The van der Waals surface area contributed by atoms with Crippen molar-refractivity contribution in [2.45, 2.75) is 42.2 Å². The molecule has 0 fully saturated rings. The van der Waals surface area contributed by atoms with Crippen LogP contribution in [0.25, 0.3) is 0 Å². The van der Waals surface area contributed by atoms with Crippen molar-refractivity contribution < 1.29 is 57.1 Å². The first kappa shape index (κ1) is 33.6. The van der Waals surface area contributed by atoms with E-state index < -0.39 is 48.0 Å². The minimum absolute atomic E-state index is 0.344. The number of thioether (sulfide) groups is 8. The van der Waals surface area contributed by atoms with Crippen molar-refractivity contribution in [3.05, 3.63) is 25.4 Å². The van der Waals surface area contributed by atoms with E-state index in [2.05, 4.69) is 0 Å². The lowest BCUT2D eigenvalue weighted by atomic mass is 9.93. The lowest BCUT2D eigenvalue weighted by Gasteiger charge is -2.39. The van der Waals surface area contributed by atoms with Crippen LogP contribution in [0.15, 0.2) is 25.4 Å². The molecule has 0 N–H and O–H groups in total. The van der Waals surface area contributed by atoms with Crippen molar-refractivity contribution in [3.63, 3.8) is 0 Å². The Bertz CT molecular complexity index is 1010. The van der Waals surface area contributed by atoms with Crippen molar-refractivity contribution in [2.24, 2.45) is 0 Å². The molecule has 0 aromatic rings. The van der Waals surface area contributed by atoms with E-state index in [0.717, 1.165) is 40.2 Å². The summed E-state index contributed by atoms with van der Waals surface area (Å²) in [5.74, 6) is -35.8. The fourth-order valence-electron chi connectivity index (χ4n) is 2.60. The number of alkyl halides is 13. The number of hydrogen-bond donors (Lipinski definition) is 0. The van der Waals surface area contributed by atoms with Crippen LogP contribution in [0, 0.1) is 0 Å². The van der Waals surface area contributed by atoms with E-state index in [1.54, 1.807) is 29.8 Å². The Morgan fingerprint density at radius 1 is 0.579 bits per heavy atom. The molecule has 0 radical (unpaired) electrons. The van der Waals surface area contributed by atoms with Crippen molar-refractivity contribution in [3.8, 4) is 0 Å². The minimum Gasteiger partial charge on any atom is -0.200 e. The second-order valence-electron chi connectivity index (χ2n) is 7.13. The van der Waals surface area contributed by atoms with Crippen LogP contribution in [0.4, 0.5) is 57.1 Å². The summed E-state index contributed by atoms with van der Waals surface area (Å²) in [4.78, 5) is 0. The molecule has 0 saturated heterocycles. The van der Waals surface area contributed by atoms with Gasteiger partial charge in [-0.05, 0) is 6.26 Å². The number of hydrogen-bond acceptors (Lipinski definition) is 8. The van der Waals surface area contributed by atoms with Crippen molar-refractivity contribution in [1.82, 2.24) is 0 Å². The fourth-order valence-corrected chi connectivity index (χ4v) is 14.4. The first-order valence-corrected chi connectivity index (χ1v) is 17.0. The van der Waals surface area contributed by atoms with Crippen molar-refractivity contribution in [1.29, 1.82) is 0 Å². The van der Waals surface area contributed by atoms with Crippen LogP contribution in [0.3, 0.4) is 0 Å². The first-order valence-electron chi connectivity index (χ1n) is 9.53. The summed E-state index contributed by atoms with van der Waals surface area (Å²) in [5, 5.41) is 0. The SMILES string of the molecule is CSC1=C(SCCC(F)(F)C(F)(F)C(F)(F)C(F)(F)C(F)(F)C(F)(F)F)SC(=C2SC3=C(SCCS3)S2)S1. The third-order valence-corrected chi connectivity index (χ3v) is 16.3. The third-order valence-electron chi connectivity index (χ3n) is 4.62. The number of rotatable bonds is 9. The van der Waals surface area contributed by atoms with E-state index in [9.17, 15) is 57.1 Å². The van der Waals surface area contributed by atoms with Gasteiger partial charge in [0.05, 0.1) is 25.4 Å². The zero-order valence-electron chi connectivity index (χ0n) is 18.0. The molecular weight excluding hydrogens is 708 g/mol. The smallest absolute Gasteiger partial charge is 0.200 e. The molecule has 3 aliphatic heterocycles. The maximum atomic E-state index is 14.1. The molecule has 3 heterocycles. The zero-order valence-corrected chi connectivity index (χ0v) is 24.5. The van der Waals surface area contributed by atoms with Gasteiger partial charge in [0.25, 0.3) is 0 Å². The van der Waals surface area contributed by atoms with Crippen molar-refractivity contribution >= 4 is 94.1 Å². The van der Waals surface area contributed by atoms with Gasteiger partial charge in [-0.25, -0.2) is 0 Å². The molecule has 0 saturated carbocycles. The summed E-state index contributed by atoms with van der Waals surface area (Å²) < 4.78 is 178. The van der Waals surface area contributed by atoms with Gasteiger partial charge in [-0.3, -0.25) is 0 Å². The van der Waals surface area contributed by atoms with E-state index in [1.807, 2.05) is 0 Å². The Balaban J connectivity index is 1.70. The van der Waals surface area contributed by atoms with Gasteiger partial charge in [0.2, 0.25) is 0 Å². The Kier molecular flexibility index (Phi) is 10.3. The van der Waals surface area contributed by atoms with Gasteiger partial charge in [-0.2, -0.15) is 57.1 Å². The molecule has 0 aromatic carbocycles. The molecule has 0 bridgehead atoms. The predicted octanol–water partition coefficient (Wildman–Crippen LogP) is 11.0. The minimum atomic E-state index is -7.87. The molecular formula is C17H11F13S8. The van der Waals surface area contributed by atoms with Crippen LogP contribution < -0.4 is 0 Å². The second kappa shape index (κ2) is 11.7. The molecule has 218 valence electrons. The average molecular weight is 719 g/mol. The van der Waals surface area contributed by atoms with Gasteiger partial charge in [0, 0.05) is 23.7 Å². The third kappa shape index (κ3) is 5.96. The maximum absolute atomic E-state index is 14.1. The molecule has 0 aromatic heterocycles. The predicted molar refractivity (Wildman–Crippen MR) is 138 cm³/mol. The van der Waals surface area contributed by atoms with Crippen LogP contribution in [0.5, 0.6) is 0 Å². The highest BCUT2D eigenvalue weighted by Crippen LogP contribution is 2.67. The zero-order chi connectivity index (χ0) is 28.9. The van der Waals surface area contributed by atoms with E-state index in [4.69, 9.17) is 0 Å². The topological polar surface area (TPSA) is 0 Å². The van der Waals surface area contributed by atoms with Crippen molar-refractivity contribution in [2.75, 3.05) is 23.5 Å². The van der Waals surface area contributed by atoms with Gasteiger partial charge in [-0.15, -0.1) is 47.0 Å². The van der Waals surface area contributed by atoms with Crippen LogP contribution in [0.2, 0.25) is 0 Å². The standard InChI is InChI=1S/C17H11F13S8/c1-31-6-7(36-10(35-6)11-37-8-9(38-11)34-5-4-33-8)32-3-2-12(18,19)13(20,21)14(22,23)15(24,25)16(26,27)17(28,29)30/h2-5H2,1H3. The largest absolute Gasteiger partial charge is 0.460 e. The number of halogens is 13. The summed E-state index contributed by atoms with van der Waals surface area (Å²) >= 11 is 10.5. The average Bonchev–Trinajstić information content (AvgIpc) is 3.41. The normalized spacial score (nSPS) is 20.7. The second-order valence-corrected chi connectivity index (χ2v) is 16.9. The van der Waals surface area contributed by atoms with E-state index >= 15 is 0 Å². The summed E-state index contributed by atoms with van der Waals surface area (Å²) in [5.41, 5.74) is 0. The van der Waals surface area contributed by atoms with E-state index in [-0.39, 0.29) is 0 Å². The van der Waals surface area contributed by atoms with Crippen LogP contribution in [-0.4, -0.2) is 59.3 Å². The summed E-state index contributed by atoms with van der Waals surface area (Å²) in [6.07, 6.45) is -7.98. The molecule has 0 unspecified atom stereocenters. The lowest BCUT2D eigenvalue weighted by Crippen LogP contribution is -2.70. The molecule has 0 spiro atoms. The van der Waals surface area contributed by atoms with Crippen LogP contribution in [-0.2, 0) is 0 Å². The molecule has 0 atom stereocenters. The lowest BCUT2D eigenvalue weighted by molar-refractivity contribution is -0.439. The molecule has 0 aliphatic carbocycles.